The molecule has 1 aliphatic heterocycles. The van der Waals surface area contributed by atoms with E-state index >= 15 is 0 Å². The van der Waals surface area contributed by atoms with Crippen molar-refractivity contribution in [2.45, 2.75) is 18.3 Å². The van der Waals surface area contributed by atoms with Gasteiger partial charge in [0.1, 0.15) is 5.82 Å². The molecule has 3 aromatic rings. The van der Waals surface area contributed by atoms with Crippen LogP contribution in [0.15, 0.2) is 60.7 Å². The lowest BCUT2D eigenvalue weighted by Crippen LogP contribution is -2.28. The summed E-state index contributed by atoms with van der Waals surface area (Å²) in [6, 6.07) is 16.4. The van der Waals surface area contributed by atoms with Crippen molar-refractivity contribution >= 4 is 17.5 Å². The molecule has 0 unspecified atom stereocenters. The highest BCUT2D eigenvalue weighted by atomic mass is 19.1. The number of nitrogens with one attached hydrogen (secondary N) is 2. The van der Waals surface area contributed by atoms with E-state index in [1.807, 2.05) is 12.1 Å². The Morgan fingerprint density at radius 2 is 1.61 bits per heavy atom. The Morgan fingerprint density at radius 1 is 0.903 bits per heavy atom. The minimum Gasteiger partial charge on any atom is -0.454 e. The molecule has 3 aromatic carbocycles. The molecule has 2 N–H and O–H groups in total. The zero-order chi connectivity index (χ0) is 21.6. The summed E-state index contributed by atoms with van der Waals surface area (Å²) in [4.78, 5) is 24.3. The zero-order valence-electron chi connectivity index (χ0n) is 16.4. The van der Waals surface area contributed by atoms with Crippen molar-refractivity contribution in [3.05, 3.63) is 77.6 Å². The zero-order valence-corrected chi connectivity index (χ0v) is 16.4. The largest absolute Gasteiger partial charge is 0.454 e. The Hall–Kier alpha value is -3.87. The van der Waals surface area contributed by atoms with E-state index in [1.165, 1.54) is 6.07 Å². The fourth-order valence-electron chi connectivity index (χ4n) is 3.82. The fraction of sp³-hybridized carbons (Fsp3) is 0.167. The molecule has 0 atom stereocenters. The highest BCUT2D eigenvalue weighted by Gasteiger charge is 2.51. The van der Waals surface area contributed by atoms with E-state index in [4.69, 9.17) is 15.2 Å². The summed E-state index contributed by atoms with van der Waals surface area (Å²) < 4.78 is 25.2. The Balaban J connectivity index is 1.40. The highest BCUT2D eigenvalue weighted by molar-refractivity contribution is 6.02. The number of hydrogen-bond donors (Lipinski definition) is 1. The molecular formula is C24H18FN2O4. The van der Waals surface area contributed by atoms with Gasteiger partial charge in [0.25, 0.3) is 5.91 Å². The van der Waals surface area contributed by atoms with E-state index in [9.17, 15) is 14.0 Å². The monoisotopic (exact) mass is 417 g/mol. The lowest BCUT2D eigenvalue weighted by Gasteiger charge is -2.17. The third-order valence-corrected chi connectivity index (χ3v) is 5.80. The van der Waals surface area contributed by atoms with Gasteiger partial charge in [-0.25, -0.2) is 4.39 Å². The van der Waals surface area contributed by atoms with Crippen molar-refractivity contribution in [1.82, 2.24) is 5.73 Å². The van der Waals surface area contributed by atoms with Crippen LogP contribution in [0.4, 0.5) is 10.1 Å². The number of benzene rings is 3. The van der Waals surface area contributed by atoms with Crippen LogP contribution in [0.1, 0.15) is 28.8 Å². The molecule has 5 rings (SSSR count). The van der Waals surface area contributed by atoms with Crippen LogP contribution in [0.3, 0.4) is 0 Å². The van der Waals surface area contributed by atoms with Crippen LogP contribution in [-0.4, -0.2) is 18.6 Å². The fourth-order valence-corrected chi connectivity index (χ4v) is 3.82. The van der Waals surface area contributed by atoms with Crippen molar-refractivity contribution < 1.29 is 23.5 Å². The maximum Gasteiger partial charge on any atom is 0.269 e. The normalized spacial score (nSPS) is 15.4. The molecule has 1 radical (unpaired) electrons. The van der Waals surface area contributed by atoms with Gasteiger partial charge in [-0.15, -0.1) is 0 Å². The maximum atomic E-state index is 14.5. The lowest BCUT2D eigenvalue weighted by atomic mass is 9.94. The molecule has 1 heterocycles. The Morgan fingerprint density at radius 3 is 2.32 bits per heavy atom. The minimum atomic E-state index is -0.767. The SMILES string of the molecule is [NH]C(=O)c1ccc(-c2ccc(F)c(NC(=O)C3(c4ccc5c(c4)OCO5)CC3)c2)cc1. The van der Waals surface area contributed by atoms with Gasteiger partial charge in [0.2, 0.25) is 12.7 Å². The maximum absolute atomic E-state index is 14.5. The number of ether oxygens (including phenoxy) is 2. The summed E-state index contributed by atoms with van der Waals surface area (Å²) in [5.74, 6) is -0.304. The second kappa shape index (κ2) is 7.12. The summed E-state index contributed by atoms with van der Waals surface area (Å²) in [6.45, 7) is 0.160. The highest BCUT2D eigenvalue weighted by Crippen LogP contribution is 2.51. The second-order valence-electron chi connectivity index (χ2n) is 7.71. The number of anilines is 1. The van der Waals surface area contributed by atoms with Gasteiger partial charge in [0.15, 0.2) is 11.5 Å². The Kier molecular flexibility index (Phi) is 4.39. The van der Waals surface area contributed by atoms with Crippen molar-refractivity contribution in [3.63, 3.8) is 0 Å². The number of carbonyl (C=O) groups excluding carboxylic acids is 2. The summed E-state index contributed by atoms with van der Waals surface area (Å²) in [6.07, 6.45) is 1.34. The van der Waals surface area contributed by atoms with Crippen LogP contribution in [0, 0.1) is 5.82 Å². The molecule has 31 heavy (non-hydrogen) atoms. The first-order valence-corrected chi connectivity index (χ1v) is 9.84. The summed E-state index contributed by atoms with van der Waals surface area (Å²) in [5, 5.41) is 2.75. The average Bonchev–Trinajstić information content (AvgIpc) is 3.46. The van der Waals surface area contributed by atoms with Crippen LogP contribution in [-0.2, 0) is 10.2 Å². The molecule has 2 aliphatic rings. The van der Waals surface area contributed by atoms with E-state index < -0.39 is 17.1 Å². The number of rotatable bonds is 5. The molecule has 0 bridgehead atoms. The molecule has 0 aromatic heterocycles. The van der Waals surface area contributed by atoms with Gasteiger partial charge in [0, 0.05) is 5.56 Å². The quantitative estimate of drug-likeness (QED) is 0.670. The van der Waals surface area contributed by atoms with Crippen molar-refractivity contribution in [1.29, 1.82) is 0 Å². The van der Waals surface area contributed by atoms with Crippen molar-refractivity contribution in [2.75, 3.05) is 12.1 Å². The smallest absolute Gasteiger partial charge is 0.269 e. The second-order valence-corrected chi connectivity index (χ2v) is 7.71. The third-order valence-electron chi connectivity index (χ3n) is 5.80. The first kappa shape index (κ1) is 19.1. The third kappa shape index (κ3) is 3.38. The molecule has 6 nitrogen and oxygen atoms in total. The molecule has 1 aliphatic carbocycles. The van der Waals surface area contributed by atoms with Gasteiger partial charge in [-0.2, -0.15) is 0 Å². The number of fused-ring (bicyclic) bond motifs is 1. The van der Waals surface area contributed by atoms with Crippen molar-refractivity contribution in [3.8, 4) is 22.6 Å². The summed E-state index contributed by atoms with van der Waals surface area (Å²) in [7, 11) is 0. The Labute approximate surface area is 177 Å². The number of hydrogen-bond acceptors (Lipinski definition) is 4. The van der Waals surface area contributed by atoms with Crippen molar-refractivity contribution in [2.24, 2.45) is 0 Å². The molecule has 155 valence electrons. The topological polar surface area (TPSA) is 88.4 Å². The molecule has 1 fully saturated rings. The van der Waals surface area contributed by atoms with Crippen LogP contribution in [0.2, 0.25) is 0 Å². The van der Waals surface area contributed by atoms with E-state index in [-0.39, 0.29) is 24.0 Å². The Bertz CT molecular complexity index is 1200. The van der Waals surface area contributed by atoms with Gasteiger partial charge < -0.3 is 14.8 Å². The minimum absolute atomic E-state index is 0.0927. The van der Waals surface area contributed by atoms with Gasteiger partial charge in [-0.1, -0.05) is 24.3 Å². The van der Waals surface area contributed by atoms with Gasteiger partial charge in [0.05, 0.1) is 11.1 Å². The van der Waals surface area contributed by atoms with Crippen LogP contribution in [0.5, 0.6) is 11.5 Å². The number of amides is 2. The van der Waals surface area contributed by atoms with Gasteiger partial charge >= 0.3 is 0 Å². The van der Waals surface area contributed by atoms with E-state index in [2.05, 4.69) is 5.32 Å². The summed E-state index contributed by atoms with van der Waals surface area (Å²) in [5.41, 5.74) is 9.08. The van der Waals surface area contributed by atoms with Gasteiger partial charge in [-0.05, 0) is 65.9 Å². The standard InChI is InChI=1S/C24H18FN2O4/c25-18-7-5-16(14-1-3-15(4-2-14)22(26)28)11-19(18)27-23(29)24(9-10-24)17-6-8-20-21(12-17)31-13-30-20/h1-8,11-12,26H,9-10,13H2,(H,27,29). The molecule has 7 heteroatoms. The molecule has 1 saturated carbocycles. The predicted octanol–water partition coefficient (Wildman–Crippen LogP) is 4.31. The van der Waals surface area contributed by atoms with Crippen LogP contribution < -0.4 is 20.5 Å². The van der Waals surface area contributed by atoms with Crippen LogP contribution in [0.25, 0.3) is 11.1 Å². The lowest BCUT2D eigenvalue weighted by molar-refractivity contribution is -0.118. The first-order chi connectivity index (χ1) is 15.0. The number of carbonyl (C=O) groups is 2. The van der Waals surface area contributed by atoms with E-state index in [0.717, 1.165) is 11.1 Å². The molecule has 0 saturated heterocycles. The van der Waals surface area contributed by atoms with Gasteiger partial charge in [-0.3, -0.25) is 15.3 Å². The van der Waals surface area contributed by atoms with E-state index in [0.29, 0.717) is 29.9 Å². The molecule has 0 spiro atoms. The van der Waals surface area contributed by atoms with E-state index in [1.54, 1.807) is 42.5 Å². The first-order valence-electron chi connectivity index (χ1n) is 9.84. The average molecular weight is 417 g/mol. The van der Waals surface area contributed by atoms with Crippen LogP contribution >= 0.6 is 0 Å². The summed E-state index contributed by atoms with van der Waals surface area (Å²) >= 11 is 0. The molecular weight excluding hydrogens is 399 g/mol. The molecule has 2 amide bonds. The number of halogens is 1. The predicted molar refractivity (Wildman–Crippen MR) is 111 cm³/mol.